The largest absolute Gasteiger partial charge is 0.103 e. The van der Waals surface area contributed by atoms with Crippen LogP contribution in [0.4, 0.5) is 0 Å². The standard InChI is InChI=1S/C10H10Cl/c1-2-3-5-9-6-4-7-10(11)8-9/h2,4-8H,1,3H2. The van der Waals surface area contributed by atoms with Crippen molar-refractivity contribution < 1.29 is 0 Å². The molecule has 1 heteroatoms. The molecular formula is C10H10Cl. The van der Waals surface area contributed by atoms with Crippen LogP contribution in [0.3, 0.4) is 0 Å². The second-order valence-electron chi connectivity index (χ2n) is 2.28. The van der Waals surface area contributed by atoms with Gasteiger partial charge in [-0.1, -0.05) is 29.8 Å². The van der Waals surface area contributed by atoms with Gasteiger partial charge in [0, 0.05) is 5.02 Å². The van der Waals surface area contributed by atoms with Crippen molar-refractivity contribution in [2.75, 3.05) is 0 Å². The molecule has 57 valence electrons. The van der Waals surface area contributed by atoms with E-state index in [2.05, 4.69) is 13.0 Å². The Kier molecular flexibility index (Phi) is 3.18. The Morgan fingerprint density at radius 3 is 2.91 bits per heavy atom. The summed E-state index contributed by atoms with van der Waals surface area (Å²) < 4.78 is 0. The van der Waals surface area contributed by atoms with Crippen LogP contribution in [0.1, 0.15) is 12.0 Å². The number of halogens is 1. The molecule has 0 bridgehead atoms. The van der Waals surface area contributed by atoms with E-state index in [0.717, 1.165) is 17.0 Å². The Hall–Kier alpha value is -0.750. The third-order valence-corrected chi connectivity index (χ3v) is 1.60. The third kappa shape index (κ3) is 2.77. The molecule has 1 aromatic rings. The summed E-state index contributed by atoms with van der Waals surface area (Å²) in [7, 11) is 0. The van der Waals surface area contributed by atoms with E-state index in [1.165, 1.54) is 0 Å². The molecule has 0 heterocycles. The highest BCUT2D eigenvalue weighted by molar-refractivity contribution is 6.30. The van der Waals surface area contributed by atoms with Crippen LogP contribution in [0.15, 0.2) is 36.9 Å². The van der Waals surface area contributed by atoms with Crippen LogP contribution >= 0.6 is 11.6 Å². The zero-order valence-corrected chi connectivity index (χ0v) is 7.01. The van der Waals surface area contributed by atoms with Crippen LogP contribution in [0, 0.1) is 6.42 Å². The van der Waals surface area contributed by atoms with Crippen molar-refractivity contribution >= 4 is 11.6 Å². The fourth-order valence-electron chi connectivity index (χ4n) is 0.853. The van der Waals surface area contributed by atoms with Gasteiger partial charge in [0.2, 0.25) is 0 Å². The second kappa shape index (κ2) is 4.20. The van der Waals surface area contributed by atoms with E-state index in [4.69, 9.17) is 11.6 Å². The Balaban J connectivity index is 2.63. The van der Waals surface area contributed by atoms with E-state index in [1.807, 2.05) is 30.3 Å². The minimum Gasteiger partial charge on any atom is -0.103 e. The van der Waals surface area contributed by atoms with E-state index in [-0.39, 0.29) is 0 Å². The molecule has 0 aliphatic rings. The Labute approximate surface area is 72.5 Å². The van der Waals surface area contributed by atoms with E-state index < -0.39 is 0 Å². The monoisotopic (exact) mass is 165 g/mol. The highest BCUT2D eigenvalue weighted by Crippen LogP contribution is 2.13. The molecule has 0 aliphatic carbocycles. The maximum atomic E-state index is 5.78. The maximum absolute atomic E-state index is 5.78. The molecule has 0 spiro atoms. The fraction of sp³-hybridized carbons (Fsp3) is 0.100. The highest BCUT2D eigenvalue weighted by Gasteiger charge is 1.91. The van der Waals surface area contributed by atoms with Crippen LogP contribution in [0.2, 0.25) is 5.02 Å². The quantitative estimate of drug-likeness (QED) is 0.602. The van der Waals surface area contributed by atoms with Gasteiger partial charge >= 0.3 is 0 Å². The first kappa shape index (κ1) is 8.35. The van der Waals surface area contributed by atoms with Crippen LogP contribution < -0.4 is 0 Å². The van der Waals surface area contributed by atoms with Gasteiger partial charge in [0.05, 0.1) is 0 Å². The number of benzene rings is 1. The second-order valence-corrected chi connectivity index (χ2v) is 2.72. The summed E-state index contributed by atoms with van der Waals surface area (Å²) in [6.45, 7) is 3.63. The topological polar surface area (TPSA) is 0 Å². The van der Waals surface area contributed by atoms with Crippen LogP contribution in [-0.4, -0.2) is 0 Å². The molecule has 1 radical (unpaired) electrons. The molecule has 0 aliphatic heterocycles. The fourth-order valence-corrected chi connectivity index (χ4v) is 1.05. The molecule has 0 atom stereocenters. The van der Waals surface area contributed by atoms with Crippen molar-refractivity contribution in [3.05, 3.63) is 53.9 Å². The molecule has 0 N–H and O–H groups in total. The lowest BCUT2D eigenvalue weighted by Crippen LogP contribution is -1.78. The summed E-state index contributed by atoms with van der Waals surface area (Å²) in [6.07, 6.45) is 4.83. The first-order chi connectivity index (χ1) is 5.33. The molecular weight excluding hydrogens is 156 g/mol. The van der Waals surface area contributed by atoms with E-state index in [9.17, 15) is 0 Å². The molecule has 1 rings (SSSR count). The maximum Gasteiger partial charge on any atom is 0.0408 e. The van der Waals surface area contributed by atoms with Crippen molar-refractivity contribution in [1.29, 1.82) is 0 Å². The summed E-state index contributed by atoms with van der Waals surface area (Å²) in [5.74, 6) is 0. The van der Waals surface area contributed by atoms with Gasteiger partial charge in [0.1, 0.15) is 0 Å². The van der Waals surface area contributed by atoms with Gasteiger partial charge in [-0.25, -0.2) is 0 Å². The number of rotatable bonds is 3. The average Bonchev–Trinajstić information content (AvgIpc) is 2.01. The molecule has 0 amide bonds. The van der Waals surface area contributed by atoms with Gasteiger partial charge in [-0.05, 0) is 30.5 Å². The third-order valence-electron chi connectivity index (χ3n) is 1.37. The first-order valence-corrected chi connectivity index (χ1v) is 3.90. The molecule has 11 heavy (non-hydrogen) atoms. The van der Waals surface area contributed by atoms with Gasteiger partial charge in [-0.2, -0.15) is 0 Å². The lowest BCUT2D eigenvalue weighted by molar-refractivity contribution is 1.25. The van der Waals surface area contributed by atoms with Gasteiger partial charge < -0.3 is 0 Å². The molecule has 0 unspecified atom stereocenters. The smallest absolute Gasteiger partial charge is 0.0408 e. The minimum absolute atomic E-state index is 0.780. The lowest BCUT2D eigenvalue weighted by Gasteiger charge is -1.96. The Morgan fingerprint density at radius 2 is 2.27 bits per heavy atom. The SMILES string of the molecule is C=CC[CH]c1cccc(Cl)c1. The van der Waals surface area contributed by atoms with Crippen LogP contribution in [0.25, 0.3) is 0 Å². The van der Waals surface area contributed by atoms with Crippen molar-refractivity contribution in [3.63, 3.8) is 0 Å². The van der Waals surface area contributed by atoms with Gasteiger partial charge in [-0.15, -0.1) is 6.58 Å². The van der Waals surface area contributed by atoms with Crippen molar-refractivity contribution in [2.45, 2.75) is 6.42 Å². The molecule has 0 nitrogen and oxygen atoms in total. The summed E-state index contributed by atoms with van der Waals surface area (Å²) in [5, 5.41) is 0.780. The van der Waals surface area contributed by atoms with Crippen molar-refractivity contribution in [2.24, 2.45) is 0 Å². The molecule has 0 fully saturated rings. The first-order valence-electron chi connectivity index (χ1n) is 3.52. The molecule has 0 saturated carbocycles. The van der Waals surface area contributed by atoms with Gasteiger partial charge in [0.25, 0.3) is 0 Å². The predicted molar refractivity (Wildman–Crippen MR) is 49.7 cm³/mol. The van der Waals surface area contributed by atoms with E-state index >= 15 is 0 Å². The van der Waals surface area contributed by atoms with Crippen LogP contribution in [0.5, 0.6) is 0 Å². The predicted octanol–water partition coefficient (Wildman–Crippen LogP) is 3.47. The summed E-state index contributed by atoms with van der Waals surface area (Å²) >= 11 is 5.78. The summed E-state index contributed by atoms with van der Waals surface area (Å²) in [5.41, 5.74) is 1.15. The van der Waals surface area contributed by atoms with E-state index in [1.54, 1.807) is 0 Å². The Bertz CT molecular complexity index is 240. The van der Waals surface area contributed by atoms with Crippen molar-refractivity contribution in [3.8, 4) is 0 Å². The number of hydrogen-bond donors (Lipinski definition) is 0. The average molecular weight is 166 g/mol. The van der Waals surface area contributed by atoms with E-state index in [0.29, 0.717) is 0 Å². The molecule has 1 aromatic carbocycles. The highest BCUT2D eigenvalue weighted by atomic mass is 35.5. The summed E-state index contributed by atoms with van der Waals surface area (Å²) in [4.78, 5) is 0. The number of allylic oxidation sites excluding steroid dienone is 1. The minimum atomic E-state index is 0.780. The Morgan fingerprint density at radius 1 is 1.45 bits per heavy atom. The number of hydrogen-bond acceptors (Lipinski definition) is 0. The van der Waals surface area contributed by atoms with Gasteiger partial charge in [0.15, 0.2) is 0 Å². The van der Waals surface area contributed by atoms with Crippen molar-refractivity contribution in [1.82, 2.24) is 0 Å². The van der Waals surface area contributed by atoms with Crippen LogP contribution in [-0.2, 0) is 0 Å². The zero-order valence-electron chi connectivity index (χ0n) is 6.26. The van der Waals surface area contributed by atoms with Gasteiger partial charge in [-0.3, -0.25) is 0 Å². The summed E-state index contributed by atoms with van der Waals surface area (Å²) in [6, 6.07) is 7.77. The molecule has 0 aromatic heterocycles. The lowest BCUT2D eigenvalue weighted by atomic mass is 10.1. The normalized spacial score (nSPS) is 9.55. The molecule has 0 saturated heterocycles. The zero-order chi connectivity index (χ0) is 8.10.